The summed E-state index contributed by atoms with van der Waals surface area (Å²) in [5.74, 6) is -0.207. The maximum Gasteiger partial charge on any atom is 0.264 e. The summed E-state index contributed by atoms with van der Waals surface area (Å²) in [6, 6.07) is 1.86. The number of aliphatic hydroxyl groups is 1. The van der Waals surface area contributed by atoms with Gasteiger partial charge in [-0.05, 0) is 51.2 Å². The maximum atomic E-state index is 13.3. The number of aryl methyl sites for hydroxylation is 2. The van der Waals surface area contributed by atoms with Gasteiger partial charge in [0.05, 0.1) is 30.2 Å². The third-order valence-corrected chi connectivity index (χ3v) is 5.70. The monoisotopic (exact) mass is 368 g/mol. The number of hydrogen-bond donors (Lipinski definition) is 1. The molecular formula is C20H24N4O3. The molecule has 2 saturated heterocycles. The number of rotatable bonds is 3. The molecule has 27 heavy (non-hydrogen) atoms. The Morgan fingerprint density at radius 2 is 1.89 bits per heavy atom. The van der Waals surface area contributed by atoms with Gasteiger partial charge in [0.2, 0.25) is 0 Å². The van der Waals surface area contributed by atoms with Crippen LogP contribution in [-0.2, 0) is 6.54 Å². The summed E-state index contributed by atoms with van der Waals surface area (Å²) in [7, 11) is 0. The summed E-state index contributed by atoms with van der Waals surface area (Å²) in [4.78, 5) is 36.7. The third-order valence-electron chi connectivity index (χ3n) is 5.70. The molecule has 1 N–H and O–H groups in total. The molecule has 0 aromatic carbocycles. The van der Waals surface area contributed by atoms with E-state index >= 15 is 0 Å². The topological polar surface area (TPSA) is 88.3 Å². The van der Waals surface area contributed by atoms with E-state index in [1.807, 2.05) is 11.8 Å². The zero-order valence-corrected chi connectivity index (χ0v) is 15.6. The molecular weight excluding hydrogens is 344 g/mol. The Balaban J connectivity index is 1.66. The van der Waals surface area contributed by atoms with E-state index in [-0.39, 0.29) is 41.8 Å². The molecule has 0 radical (unpaired) electrons. The van der Waals surface area contributed by atoms with Crippen LogP contribution >= 0.6 is 0 Å². The van der Waals surface area contributed by atoms with Crippen molar-refractivity contribution < 1.29 is 9.90 Å². The van der Waals surface area contributed by atoms with Crippen molar-refractivity contribution in [3.8, 4) is 0 Å². The Kier molecular flexibility index (Phi) is 4.55. The molecule has 1 unspecified atom stereocenters. The maximum absolute atomic E-state index is 13.3. The molecule has 3 atom stereocenters. The van der Waals surface area contributed by atoms with Crippen molar-refractivity contribution in [1.82, 2.24) is 19.4 Å². The van der Waals surface area contributed by atoms with Crippen LogP contribution in [0.3, 0.4) is 0 Å². The van der Waals surface area contributed by atoms with E-state index in [1.165, 1.54) is 4.57 Å². The van der Waals surface area contributed by atoms with E-state index in [9.17, 15) is 14.7 Å². The third kappa shape index (κ3) is 3.27. The van der Waals surface area contributed by atoms with Crippen molar-refractivity contribution in [2.75, 3.05) is 0 Å². The van der Waals surface area contributed by atoms with Crippen molar-refractivity contribution in [1.29, 1.82) is 0 Å². The number of aliphatic hydroxyl groups excluding tert-OH is 1. The van der Waals surface area contributed by atoms with E-state index in [1.54, 1.807) is 31.6 Å². The first kappa shape index (κ1) is 17.9. The van der Waals surface area contributed by atoms with E-state index in [4.69, 9.17) is 0 Å². The number of aromatic nitrogens is 3. The first-order valence-electron chi connectivity index (χ1n) is 9.42. The van der Waals surface area contributed by atoms with Gasteiger partial charge in [-0.15, -0.1) is 0 Å². The summed E-state index contributed by atoms with van der Waals surface area (Å²) in [5.41, 5.74) is 2.10. The highest BCUT2D eigenvalue weighted by molar-refractivity contribution is 5.96. The van der Waals surface area contributed by atoms with E-state index in [2.05, 4.69) is 9.97 Å². The van der Waals surface area contributed by atoms with Gasteiger partial charge in [0.1, 0.15) is 5.56 Å². The van der Waals surface area contributed by atoms with Gasteiger partial charge in [0.15, 0.2) is 0 Å². The number of nitrogens with zero attached hydrogens (tertiary/aromatic N) is 4. The first-order valence-corrected chi connectivity index (χ1v) is 9.42. The predicted octanol–water partition coefficient (Wildman–Crippen LogP) is 1.43. The van der Waals surface area contributed by atoms with Crippen LogP contribution in [0.4, 0.5) is 0 Å². The fraction of sp³-hybridized carbons (Fsp3) is 0.500. The van der Waals surface area contributed by atoms with Crippen molar-refractivity contribution in [3.05, 3.63) is 57.5 Å². The van der Waals surface area contributed by atoms with Crippen LogP contribution in [0.2, 0.25) is 0 Å². The molecule has 1 amide bonds. The summed E-state index contributed by atoms with van der Waals surface area (Å²) in [5, 5.41) is 9.98. The first-order chi connectivity index (χ1) is 12.9. The molecule has 0 spiro atoms. The minimum absolute atomic E-state index is 0.0293. The van der Waals surface area contributed by atoms with Crippen LogP contribution in [0.1, 0.15) is 53.0 Å². The highest BCUT2D eigenvalue weighted by Crippen LogP contribution is 2.36. The lowest BCUT2D eigenvalue weighted by Crippen LogP contribution is -2.49. The number of carbonyl (C=O) groups excluding carboxylic acids is 1. The van der Waals surface area contributed by atoms with E-state index in [0.29, 0.717) is 24.1 Å². The lowest BCUT2D eigenvalue weighted by atomic mass is 9.98. The molecule has 142 valence electrons. The van der Waals surface area contributed by atoms with Crippen LogP contribution in [0, 0.1) is 13.8 Å². The Hall–Kier alpha value is -2.54. The minimum Gasteiger partial charge on any atom is -0.393 e. The average Bonchev–Trinajstić information content (AvgIpc) is 2.90. The smallest absolute Gasteiger partial charge is 0.264 e. The Morgan fingerprint density at radius 1 is 1.19 bits per heavy atom. The lowest BCUT2D eigenvalue weighted by Gasteiger charge is -2.37. The van der Waals surface area contributed by atoms with Gasteiger partial charge in [0.25, 0.3) is 11.5 Å². The second-order valence-corrected chi connectivity index (χ2v) is 7.68. The molecule has 2 aliphatic rings. The van der Waals surface area contributed by atoms with Crippen molar-refractivity contribution in [2.24, 2.45) is 0 Å². The SMILES string of the molecule is Cc1cnc(Cn2ccc(C)c(C(=O)N3[C@@H]4CC[C@H]3CC(O)C4)c2=O)cn1. The summed E-state index contributed by atoms with van der Waals surface area (Å²) in [6.07, 6.45) is 7.65. The molecule has 2 aromatic rings. The molecule has 2 bridgehead atoms. The zero-order chi connectivity index (χ0) is 19.1. The Labute approximate surface area is 157 Å². The molecule has 0 aliphatic carbocycles. The van der Waals surface area contributed by atoms with Crippen LogP contribution in [0.5, 0.6) is 0 Å². The molecule has 0 saturated carbocycles. The molecule has 2 fully saturated rings. The van der Waals surface area contributed by atoms with Gasteiger partial charge in [-0.1, -0.05) is 0 Å². The van der Waals surface area contributed by atoms with E-state index < -0.39 is 0 Å². The van der Waals surface area contributed by atoms with Crippen molar-refractivity contribution in [2.45, 2.75) is 64.3 Å². The van der Waals surface area contributed by atoms with Crippen molar-refractivity contribution >= 4 is 5.91 Å². The number of pyridine rings is 1. The largest absolute Gasteiger partial charge is 0.393 e. The molecule has 2 aromatic heterocycles. The van der Waals surface area contributed by atoms with E-state index in [0.717, 1.165) is 18.5 Å². The highest BCUT2D eigenvalue weighted by Gasteiger charge is 2.43. The van der Waals surface area contributed by atoms with Gasteiger partial charge in [0, 0.05) is 24.5 Å². The summed E-state index contributed by atoms with van der Waals surface area (Å²) < 4.78 is 1.51. The fourth-order valence-corrected chi connectivity index (χ4v) is 4.33. The zero-order valence-electron chi connectivity index (χ0n) is 15.6. The van der Waals surface area contributed by atoms with Gasteiger partial charge in [-0.2, -0.15) is 0 Å². The summed E-state index contributed by atoms with van der Waals surface area (Å²) >= 11 is 0. The van der Waals surface area contributed by atoms with Gasteiger partial charge in [-0.25, -0.2) is 0 Å². The fourth-order valence-electron chi connectivity index (χ4n) is 4.33. The van der Waals surface area contributed by atoms with Gasteiger partial charge < -0.3 is 14.6 Å². The summed E-state index contributed by atoms with van der Waals surface area (Å²) in [6.45, 7) is 3.93. The second-order valence-electron chi connectivity index (χ2n) is 7.68. The molecule has 7 nitrogen and oxygen atoms in total. The van der Waals surface area contributed by atoms with Crippen LogP contribution in [0.25, 0.3) is 0 Å². The molecule has 2 aliphatic heterocycles. The quantitative estimate of drug-likeness (QED) is 0.885. The molecule has 4 heterocycles. The number of carbonyl (C=O) groups is 1. The van der Waals surface area contributed by atoms with Gasteiger partial charge >= 0.3 is 0 Å². The molecule has 4 rings (SSSR count). The lowest BCUT2D eigenvalue weighted by molar-refractivity contribution is 0.0284. The normalized spacial score (nSPS) is 24.3. The van der Waals surface area contributed by atoms with Crippen LogP contribution in [0.15, 0.2) is 29.5 Å². The number of amides is 1. The molecule has 7 heteroatoms. The average molecular weight is 368 g/mol. The Bertz CT molecular complexity index is 908. The van der Waals surface area contributed by atoms with Crippen LogP contribution < -0.4 is 5.56 Å². The number of fused-ring (bicyclic) bond motifs is 2. The Morgan fingerprint density at radius 3 is 2.52 bits per heavy atom. The van der Waals surface area contributed by atoms with Gasteiger partial charge in [-0.3, -0.25) is 19.6 Å². The minimum atomic E-state index is -0.347. The van der Waals surface area contributed by atoms with Crippen LogP contribution in [-0.4, -0.2) is 48.6 Å². The standard InChI is InChI=1S/C20H24N4O3/c1-12-5-6-23(11-14-10-21-13(2)9-22-14)19(26)18(12)20(27)24-15-3-4-16(24)8-17(25)7-15/h5-6,9-10,15-17,25H,3-4,7-8,11H2,1-2H3/t15-,16+,17?. The number of piperidine rings is 1. The second kappa shape index (κ2) is 6.88. The predicted molar refractivity (Wildman–Crippen MR) is 99.5 cm³/mol. The number of hydrogen-bond acceptors (Lipinski definition) is 5. The van der Waals surface area contributed by atoms with Crippen molar-refractivity contribution in [3.63, 3.8) is 0 Å². The highest BCUT2D eigenvalue weighted by atomic mass is 16.3.